The van der Waals surface area contributed by atoms with Crippen LogP contribution < -0.4 is 0 Å². The highest BCUT2D eigenvalue weighted by atomic mass is 32.2. The maximum Gasteiger partial charge on any atom is 0.179 e. The number of ketones is 1. The van der Waals surface area contributed by atoms with Gasteiger partial charge in [0.05, 0.1) is 36.2 Å². The van der Waals surface area contributed by atoms with E-state index in [9.17, 15) is 18.5 Å². The van der Waals surface area contributed by atoms with Gasteiger partial charge in [-0.25, -0.2) is 8.42 Å². The number of aryl methyl sites for hydroxylation is 1. The fraction of sp³-hybridized carbons (Fsp3) is 0.375. The van der Waals surface area contributed by atoms with Crippen molar-refractivity contribution in [2.45, 2.75) is 38.8 Å². The Hall–Kier alpha value is -3.16. The van der Waals surface area contributed by atoms with Gasteiger partial charge in [0.25, 0.3) is 0 Å². The van der Waals surface area contributed by atoms with Crippen LogP contribution >= 0.6 is 0 Å². The molecule has 0 unspecified atom stereocenters. The highest BCUT2D eigenvalue weighted by molar-refractivity contribution is 7.91. The van der Waals surface area contributed by atoms with Crippen LogP contribution in [-0.4, -0.2) is 30.6 Å². The molecule has 0 aromatic heterocycles. The molecule has 7 heteroatoms. The predicted molar refractivity (Wildman–Crippen MR) is 116 cm³/mol. The molecule has 2 aromatic rings. The van der Waals surface area contributed by atoms with Gasteiger partial charge >= 0.3 is 0 Å². The lowest BCUT2D eigenvalue weighted by Crippen LogP contribution is -2.28. The van der Waals surface area contributed by atoms with E-state index < -0.39 is 9.84 Å². The molecule has 0 aliphatic carbocycles. The highest BCUT2D eigenvalue weighted by Crippen LogP contribution is 2.34. The van der Waals surface area contributed by atoms with Crippen molar-refractivity contribution in [1.82, 2.24) is 4.90 Å². The fourth-order valence-corrected chi connectivity index (χ4v) is 5.95. The molecule has 0 radical (unpaired) electrons. The molecule has 6 nitrogen and oxygen atoms in total. The first-order chi connectivity index (χ1) is 14.9. The minimum atomic E-state index is -2.98. The average molecular weight is 434 g/mol. The summed E-state index contributed by atoms with van der Waals surface area (Å²) in [7, 11) is -2.98. The molecule has 0 saturated carbocycles. The maximum atomic E-state index is 12.7. The molecular weight excluding hydrogens is 410 g/mol. The van der Waals surface area contributed by atoms with Crippen LogP contribution in [0.4, 0.5) is 0 Å². The molecule has 0 N–H and O–H groups in total. The summed E-state index contributed by atoms with van der Waals surface area (Å²) in [5.41, 5.74) is 5.85. The Kier molecular flexibility index (Phi) is 5.80. The lowest BCUT2D eigenvalue weighted by atomic mass is 9.90. The zero-order valence-electron chi connectivity index (χ0n) is 17.2. The highest BCUT2D eigenvalue weighted by Gasteiger charge is 2.28. The predicted octanol–water partition coefficient (Wildman–Crippen LogP) is 3.35. The summed E-state index contributed by atoms with van der Waals surface area (Å²) in [5.74, 6) is 0.184. The van der Waals surface area contributed by atoms with Gasteiger partial charge in [-0.15, -0.1) is 0 Å². The zero-order chi connectivity index (χ0) is 22.0. The molecular formula is C24H23N3O3S. The number of carbonyl (C=O) groups is 1. The number of carbonyl (C=O) groups excluding carboxylic acids is 1. The molecule has 0 bridgehead atoms. The Labute approximate surface area is 182 Å². The smallest absolute Gasteiger partial charge is 0.179 e. The van der Waals surface area contributed by atoms with Gasteiger partial charge in [0, 0.05) is 12.3 Å². The number of nitrogens with zero attached hydrogens (tertiary/aromatic N) is 3. The first kappa shape index (κ1) is 21.1. The molecule has 31 heavy (non-hydrogen) atoms. The lowest BCUT2D eigenvalue weighted by Gasteiger charge is -2.20. The Morgan fingerprint density at radius 2 is 1.77 bits per heavy atom. The van der Waals surface area contributed by atoms with E-state index in [2.05, 4.69) is 24.4 Å². The minimum Gasteiger partial charge on any atom is -0.302 e. The summed E-state index contributed by atoms with van der Waals surface area (Å²) in [6.07, 6.45) is 4.05. The van der Waals surface area contributed by atoms with Crippen LogP contribution in [0.1, 0.15) is 41.5 Å². The monoisotopic (exact) mass is 433 g/mol. The number of nitriles is 2. The molecule has 1 saturated heterocycles. The van der Waals surface area contributed by atoms with Crippen LogP contribution in [-0.2, 0) is 34.1 Å². The maximum absolute atomic E-state index is 12.7. The van der Waals surface area contributed by atoms with E-state index in [1.807, 2.05) is 12.1 Å². The van der Waals surface area contributed by atoms with Crippen molar-refractivity contribution in [1.29, 1.82) is 10.5 Å². The van der Waals surface area contributed by atoms with Gasteiger partial charge in [-0.2, -0.15) is 10.5 Å². The summed E-state index contributed by atoms with van der Waals surface area (Å²) in [6, 6.07) is 13.7. The number of sulfone groups is 1. The Morgan fingerprint density at radius 1 is 1.06 bits per heavy atom. The fourth-order valence-electron chi connectivity index (χ4n) is 4.46. The van der Waals surface area contributed by atoms with Gasteiger partial charge in [-0.1, -0.05) is 24.3 Å². The van der Waals surface area contributed by atoms with Crippen LogP contribution in [0.3, 0.4) is 0 Å². The molecule has 2 aliphatic heterocycles. The standard InChI is InChI=1S/C24H23N3O3S/c25-13-17-1-4-19(5-2-17)22-12-18(11-21-14-27(16-26)15-23(21)22)3-6-24(28)20-7-9-31(29,30)10-8-20/h1-2,4-5,11-12,20H,3,6-10,14-15H2. The quantitative estimate of drug-likeness (QED) is 0.670. The van der Waals surface area contributed by atoms with Gasteiger partial charge in [0.2, 0.25) is 0 Å². The van der Waals surface area contributed by atoms with Gasteiger partial charge in [-0.3, -0.25) is 4.79 Å². The van der Waals surface area contributed by atoms with E-state index in [0.717, 1.165) is 27.8 Å². The molecule has 1 fully saturated rings. The average Bonchev–Trinajstić information content (AvgIpc) is 3.20. The van der Waals surface area contributed by atoms with Crippen LogP contribution in [0.15, 0.2) is 36.4 Å². The number of benzene rings is 2. The molecule has 4 rings (SSSR count). The Morgan fingerprint density at radius 3 is 2.42 bits per heavy atom. The van der Waals surface area contributed by atoms with E-state index in [1.165, 1.54) is 0 Å². The van der Waals surface area contributed by atoms with Crippen molar-refractivity contribution in [3.63, 3.8) is 0 Å². The zero-order valence-corrected chi connectivity index (χ0v) is 18.0. The molecule has 0 amide bonds. The minimum absolute atomic E-state index is 0.106. The van der Waals surface area contributed by atoms with E-state index in [-0.39, 0.29) is 23.2 Å². The van der Waals surface area contributed by atoms with Crippen molar-refractivity contribution >= 4 is 15.6 Å². The molecule has 2 aliphatic rings. The summed E-state index contributed by atoms with van der Waals surface area (Å²) in [6.45, 7) is 1.11. The third-order valence-corrected chi connectivity index (χ3v) is 7.96. The van der Waals surface area contributed by atoms with E-state index in [1.54, 1.807) is 17.0 Å². The number of hydrogen-bond donors (Lipinski definition) is 0. The van der Waals surface area contributed by atoms with E-state index in [4.69, 9.17) is 5.26 Å². The summed E-state index contributed by atoms with van der Waals surface area (Å²) in [5, 5.41) is 18.4. The molecule has 0 spiro atoms. The second-order valence-electron chi connectivity index (χ2n) is 8.32. The Balaban J connectivity index is 1.55. The number of Topliss-reactive ketones (excluding diaryl/α,β-unsaturated/α-hetero) is 1. The van der Waals surface area contributed by atoms with Crippen molar-refractivity contribution < 1.29 is 13.2 Å². The third-order valence-electron chi connectivity index (χ3n) is 6.25. The van der Waals surface area contributed by atoms with Gasteiger partial charge in [0.15, 0.2) is 6.19 Å². The number of rotatable bonds is 5. The molecule has 0 atom stereocenters. The van der Waals surface area contributed by atoms with Crippen LogP contribution in [0, 0.1) is 28.7 Å². The SMILES string of the molecule is N#Cc1ccc(-c2cc(CCC(=O)C3CCS(=O)(=O)CC3)cc3c2CN(C#N)C3)cc1. The van der Waals surface area contributed by atoms with Crippen molar-refractivity contribution in [3.05, 3.63) is 58.7 Å². The van der Waals surface area contributed by atoms with Crippen molar-refractivity contribution in [3.8, 4) is 23.4 Å². The normalized spacial score (nSPS) is 17.5. The summed E-state index contributed by atoms with van der Waals surface area (Å²) in [4.78, 5) is 14.4. The van der Waals surface area contributed by atoms with Gasteiger partial charge < -0.3 is 4.90 Å². The van der Waals surface area contributed by atoms with Gasteiger partial charge in [0.1, 0.15) is 15.6 Å². The summed E-state index contributed by atoms with van der Waals surface area (Å²) < 4.78 is 23.2. The first-order valence-electron chi connectivity index (χ1n) is 10.4. The van der Waals surface area contributed by atoms with Crippen LogP contribution in [0.25, 0.3) is 11.1 Å². The number of hydrogen-bond acceptors (Lipinski definition) is 6. The van der Waals surface area contributed by atoms with Crippen molar-refractivity contribution in [2.24, 2.45) is 5.92 Å². The lowest BCUT2D eigenvalue weighted by molar-refractivity contribution is -0.123. The second kappa shape index (κ2) is 8.53. The molecule has 158 valence electrons. The Bertz CT molecular complexity index is 1190. The third kappa shape index (κ3) is 4.62. The van der Waals surface area contributed by atoms with Crippen LogP contribution in [0.2, 0.25) is 0 Å². The number of fused-ring (bicyclic) bond motifs is 1. The van der Waals surface area contributed by atoms with Crippen molar-refractivity contribution in [2.75, 3.05) is 11.5 Å². The second-order valence-corrected chi connectivity index (χ2v) is 10.6. The summed E-state index contributed by atoms with van der Waals surface area (Å²) >= 11 is 0. The van der Waals surface area contributed by atoms with Crippen LogP contribution in [0.5, 0.6) is 0 Å². The largest absolute Gasteiger partial charge is 0.302 e. The van der Waals surface area contributed by atoms with E-state index >= 15 is 0 Å². The van der Waals surface area contributed by atoms with E-state index in [0.29, 0.717) is 44.3 Å². The van der Waals surface area contributed by atoms with Gasteiger partial charge in [-0.05, 0) is 59.2 Å². The topological polar surface area (TPSA) is 102 Å². The first-order valence-corrected chi connectivity index (χ1v) is 12.2. The molecule has 2 heterocycles. The molecule has 2 aromatic carbocycles.